The monoisotopic (exact) mass is 311 g/mol. The fourth-order valence-electron chi connectivity index (χ4n) is 1.97. The highest BCUT2D eigenvalue weighted by atomic mass is 32.1. The molecule has 2 aromatic carbocycles. The molecular weight excluding hydrogens is 298 g/mol. The zero-order chi connectivity index (χ0) is 15.4. The van der Waals surface area contributed by atoms with Gasteiger partial charge < -0.3 is 9.47 Å². The van der Waals surface area contributed by atoms with Gasteiger partial charge in [0.25, 0.3) is 11.1 Å². The fraction of sp³-hybridized carbons (Fsp3) is 0.0588. The van der Waals surface area contributed by atoms with Crippen molar-refractivity contribution < 1.29 is 14.3 Å². The van der Waals surface area contributed by atoms with Crippen molar-refractivity contribution in [1.82, 2.24) is 5.32 Å². The molecule has 1 aliphatic heterocycles. The van der Waals surface area contributed by atoms with Gasteiger partial charge in [-0.3, -0.25) is 10.1 Å². The molecule has 1 heterocycles. The van der Waals surface area contributed by atoms with Gasteiger partial charge in [0.2, 0.25) is 0 Å². The first-order valence-electron chi connectivity index (χ1n) is 6.72. The number of thiocarbonyl (C=S) groups is 1. The normalized spacial score (nSPS) is 15.5. The van der Waals surface area contributed by atoms with Crippen LogP contribution in [0.4, 0.5) is 0 Å². The molecule has 0 aromatic heterocycles. The van der Waals surface area contributed by atoms with Crippen molar-refractivity contribution in [3.05, 3.63) is 71.5 Å². The molecule has 0 bridgehead atoms. The molecule has 110 valence electrons. The molecule has 1 saturated heterocycles. The highest BCUT2D eigenvalue weighted by molar-refractivity contribution is 7.80. The Labute approximate surface area is 133 Å². The van der Waals surface area contributed by atoms with Crippen LogP contribution in [0.5, 0.6) is 5.75 Å². The Morgan fingerprint density at radius 1 is 1.09 bits per heavy atom. The van der Waals surface area contributed by atoms with Crippen LogP contribution < -0.4 is 10.1 Å². The molecule has 3 rings (SSSR count). The molecular formula is C17H13NO3S. The van der Waals surface area contributed by atoms with E-state index >= 15 is 0 Å². The number of rotatable bonds is 4. The van der Waals surface area contributed by atoms with Gasteiger partial charge in [0.05, 0.1) is 0 Å². The third kappa shape index (κ3) is 3.51. The van der Waals surface area contributed by atoms with E-state index in [-0.39, 0.29) is 16.8 Å². The molecule has 5 heteroatoms. The van der Waals surface area contributed by atoms with E-state index in [1.165, 1.54) is 0 Å². The van der Waals surface area contributed by atoms with E-state index in [2.05, 4.69) is 5.32 Å². The third-order valence-electron chi connectivity index (χ3n) is 3.07. The summed E-state index contributed by atoms with van der Waals surface area (Å²) in [5, 5.41) is 2.50. The predicted octanol–water partition coefficient (Wildman–Crippen LogP) is 3.04. The summed E-state index contributed by atoms with van der Waals surface area (Å²) >= 11 is 4.78. The van der Waals surface area contributed by atoms with Crippen molar-refractivity contribution in [2.45, 2.75) is 6.61 Å². The second-order valence-corrected chi connectivity index (χ2v) is 5.07. The van der Waals surface area contributed by atoms with Crippen LogP contribution in [-0.2, 0) is 16.1 Å². The van der Waals surface area contributed by atoms with Gasteiger partial charge in [-0.1, -0.05) is 42.5 Å². The summed E-state index contributed by atoms with van der Waals surface area (Å²) in [5.74, 6) is 0.635. The molecule has 0 spiro atoms. The van der Waals surface area contributed by atoms with Gasteiger partial charge >= 0.3 is 0 Å². The van der Waals surface area contributed by atoms with Crippen LogP contribution in [0.2, 0.25) is 0 Å². The lowest BCUT2D eigenvalue weighted by Crippen LogP contribution is -2.18. The molecule has 1 amide bonds. The van der Waals surface area contributed by atoms with Gasteiger partial charge in [-0.05, 0) is 41.6 Å². The Hall–Kier alpha value is -2.66. The highest BCUT2D eigenvalue weighted by Crippen LogP contribution is 2.18. The second-order valence-electron chi connectivity index (χ2n) is 4.70. The lowest BCUT2D eigenvalue weighted by Gasteiger charge is -2.06. The summed E-state index contributed by atoms with van der Waals surface area (Å²) < 4.78 is 10.8. The summed E-state index contributed by atoms with van der Waals surface area (Å²) in [5.41, 5.74) is 1.94. The molecule has 4 nitrogen and oxygen atoms in total. The maximum Gasteiger partial charge on any atom is 0.294 e. The van der Waals surface area contributed by atoms with Gasteiger partial charge in [-0.2, -0.15) is 0 Å². The van der Waals surface area contributed by atoms with Crippen LogP contribution in [0.15, 0.2) is 60.4 Å². The molecule has 1 N–H and O–H groups in total. The SMILES string of the molecule is O=C1NC(=S)OC1=Cc1ccc(OCc2ccccc2)cc1. The highest BCUT2D eigenvalue weighted by Gasteiger charge is 2.22. The van der Waals surface area contributed by atoms with E-state index in [1.54, 1.807) is 6.08 Å². The first kappa shape index (κ1) is 14.3. The van der Waals surface area contributed by atoms with E-state index < -0.39 is 0 Å². The topological polar surface area (TPSA) is 47.6 Å². The maximum absolute atomic E-state index is 11.5. The molecule has 0 unspecified atom stereocenters. The quantitative estimate of drug-likeness (QED) is 0.696. The maximum atomic E-state index is 11.5. The Morgan fingerprint density at radius 2 is 1.82 bits per heavy atom. The van der Waals surface area contributed by atoms with Crippen molar-refractivity contribution in [3.8, 4) is 5.75 Å². The number of benzene rings is 2. The zero-order valence-electron chi connectivity index (χ0n) is 11.6. The molecule has 0 aliphatic carbocycles. The average Bonchev–Trinajstić information content (AvgIpc) is 2.85. The minimum Gasteiger partial charge on any atom is -0.489 e. The molecule has 0 atom stereocenters. The Bertz CT molecular complexity index is 723. The van der Waals surface area contributed by atoms with Gasteiger partial charge in [-0.15, -0.1) is 0 Å². The van der Waals surface area contributed by atoms with Crippen LogP contribution >= 0.6 is 12.2 Å². The largest absolute Gasteiger partial charge is 0.489 e. The average molecular weight is 311 g/mol. The van der Waals surface area contributed by atoms with Gasteiger partial charge in [-0.25, -0.2) is 0 Å². The molecule has 0 saturated carbocycles. The van der Waals surface area contributed by atoms with Crippen molar-refractivity contribution in [1.29, 1.82) is 0 Å². The molecule has 22 heavy (non-hydrogen) atoms. The fourth-order valence-corrected chi connectivity index (χ4v) is 2.16. The number of amides is 1. The number of nitrogens with one attached hydrogen (secondary N) is 1. The Morgan fingerprint density at radius 3 is 2.45 bits per heavy atom. The van der Waals surface area contributed by atoms with E-state index in [4.69, 9.17) is 21.7 Å². The molecule has 2 aromatic rings. The van der Waals surface area contributed by atoms with E-state index in [0.717, 1.165) is 16.9 Å². The lowest BCUT2D eigenvalue weighted by molar-refractivity contribution is -0.116. The minimum atomic E-state index is -0.325. The van der Waals surface area contributed by atoms with Crippen LogP contribution in [0.1, 0.15) is 11.1 Å². The third-order valence-corrected chi connectivity index (χ3v) is 3.25. The summed E-state index contributed by atoms with van der Waals surface area (Å²) in [7, 11) is 0. The van der Waals surface area contributed by atoms with Crippen LogP contribution in [0.25, 0.3) is 6.08 Å². The van der Waals surface area contributed by atoms with Crippen molar-refractivity contribution >= 4 is 29.4 Å². The first-order chi connectivity index (χ1) is 10.7. The number of hydrogen-bond donors (Lipinski definition) is 1. The number of ether oxygens (including phenoxy) is 2. The van der Waals surface area contributed by atoms with Crippen LogP contribution in [0.3, 0.4) is 0 Å². The van der Waals surface area contributed by atoms with E-state index in [9.17, 15) is 4.79 Å². The van der Waals surface area contributed by atoms with Crippen molar-refractivity contribution in [3.63, 3.8) is 0 Å². The van der Waals surface area contributed by atoms with E-state index in [0.29, 0.717) is 6.61 Å². The van der Waals surface area contributed by atoms with Crippen molar-refractivity contribution in [2.24, 2.45) is 0 Å². The van der Waals surface area contributed by atoms with Gasteiger partial charge in [0.15, 0.2) is 5.76 Å². The minimum absolute atomic E-state index is 0.0825. The summed E-state index contributed by atoms with van der Waals surface area (Å²) in [6.45, 7) is 0.515. The molecule has 1 fully saturated rings. The van der Waals surface area contributed by atoms with Gasteiger partial charge in [0.1, 0.15) is 12.4 Å². The van der Waals surface area contributed by atoms with Crippen LogP contribution in [0, 0.1) is 0 Å². The predicted molar refractivity (Wildman–Crippen MR) is 87.0 cm³/mol. The summed E-state index contributed by atoms with van der Waals surface area (Å²) in [6, 6.07) is 17.3. The zero-order valence-corrected chi connectivity index (χ0v) is 12.4. The van der Waals surface area contributed by atoms with E-state index in [1.807, 2.05) is 54.6 Å². The number of hydrogen-bond acceptors (Lipinski definition) is 4. The Kier molecular flexibility index (Phi) is 4.16. The molecule has 0 radical (unpaired) electrons. The van der Waals surface area contributed by atoms with Crippen molar-refractivity contribution in [2.75, 3.05) is 0 Å². The summed E-state index contributed by atoms with van der Waals surface area (Å²) in [4.78, 5) is 11.5. The van der Waals surface area contributed by atoms with Crippen LogP contribution in [-0.4, -0.2) is 11.1 Å². The number of carbonyl (C=O) groups excluding carboxylic acids is 1. The first-order valence-corrected chi connectivity index (χ1v) is 7.13. The second kappa shape index (κ2) is 6.41. The standard InChI is InChI=1S/C17H13NO3S/c19-16-15(21-17(22)18-16)10-12-6-8-14(9-7-12)20-11-13-4-2-1-3-5-13/h1-10H,11H2,(H,18,19,22). The smallest absolute Gasteiger partial charge is 0.294 e. The van der Waals surface area contributed by atoms with Gasteiger partial charge in [0, 0.05) is 0 Å². The lowest BCUT2D eigenvalue weighted by atomic mass is 10.2. The molecule has 1 aliphatic rings. The Balaban J connectivity index is 1.64. The number of carbonyl (C=O) groups is 1. The summed E-state index contributed by atoms with van der Waals surface area (Å²) in [6.07, 6.45) is 1.63.